The van der Waals surface area contributed by atoms with Gasteiger partial charge in [0.05, 0.1) is 5.56 Å². The molecule has 4 nitrogen and oxygen atoms in total. The number of carboxylic acid groups (broad SMARTS) is 1. The van der Waals surface area contributed by atoms with Gasteiger partial charge in [0.25, 0.3) is 0 Å². The van der Waals surface area contributed by atoms with Crippen molar-refractivity contribution in [2.75, 3.05) is 25.0 Å². The first-order chi connectivity index (χ1) is 9.49. The van der Waals surface area contributed by atoms with Crippen LogP contribution in [0.1, 0.15) is 30.6 Å². The molecule has 0 saturated carbocycles. The van der Waals surface area contributed by atoms with E-state index in [1.165, 1.54) is 6.42 Å². The van der Waals surface area contributed by atoms with Gasteiger partial charge in [-0.15, -0.1) is 0 Å². The second-order valence-corrected chi connectivity index (χ2v) is 6.45. The Labute approximate surface area is 128 Å². The third-order valence-corrected chi connectivity index (χ3v) is 4.52. The molecule has 0 bridgehead atoms. The minimum absolute atomic E-state index is 0.311. The van der Waals surface area contributed by atoms with Gasteiger partial charge in [0.15, 0.2) is 0 Å². The first-order valence-corrected chi connectivity index (χ1v) is 7.78. The monoisotopic (exact) mass is 340 g/mol. The molecule has 1 heterocycles. The molecule has 2 rings (SSSR count). The maximum Gasteiger partial charge on any atom is 0.338 e. The van der Waals surface area contributed by atoms with E-state index in [0.29, 0.717) is 27.7 Å². The Kier molecular flexibility index (Phi) is 5.05. The Hall–Kier alpha value is -1.07. The lowest BCUT2D eigenvalue weighted by atomic mass is 10.1. The lowest BCUT2D eigenvalue weighted by Crippen LogP contribution is -2.29. The van der Waals surface area contributed by atoms with E-state index in [2.05, 4.69) is 40.0 Å². The number of carbonyl (C=O) groups is 1. The van der Waals surface area contributed by atoms with Crippen molar-refractivity contribution in [2.45, 2.75) is 26.3 Å². The van der Waals surface area contributed by atoms with E-state index in [9.17, 15) is 9.90 Å². The van der Waals surface area contributed by atoms with Crippen LogP contribution in [-0.2, 0) is 0 Å². The fraction of sp³-hybridized carbons (Fsp3) is 0.533. The maximum absolute atomic E-state index is 11.3. The molecule has 1 aromatic rings. The standard InChI is InChI=1S/C15H21BrN2O2/c1-10(2)18-7-6-11(9-18)8-17-13-5-3-4-12(16)14(13)15(19)20/h3-5,10-11,17H,6-9H2,1-2H3,(H,19,20). The SMILES string of the molecule is CC(C)N1CCC(CNc2cccc(Br)c2C(=O)O)C1. The van der Waals surface area contributed by atoms with Crippen molar-refractivity contribution >= 4 is 27.6 Å². The fourth-order valence-corrected chi connectivity index (χ4v) is 3.18. The summed E-state index contributed by atoms with van der Waals surface area (Å²) >= 11 is 3.30. The third-order valence-electron chi connectivity index (χ3n) is 3.86. The van der Waals surface area contributed by atoms with Gasteiger partial charge in [-0.05, 0) is 60.8 Å². The second kappa shape index (κ2) is 6.59. The van der Waals surface area contributed by atoms with E-state index in [4.69, 9.17) is 0 Å². The molecule has 1 saturated heterocycles. The Balaban J connectivity index is 1.98. The van der Waals surface area contributed by atoms with Crippen LogP contribution in [0.5, 0.6) is 0 Å². The molecule has 2 N–H and O–H groups in total. The van der Waals surface area contributed by atoms with Crippen molar-refractivity contribution < 1.29 is 9.90 Å². The number of nitrogens with zero attached hydrogens (tertiary/aromatic N) is 1. The zero-order chi connectivity index (χ0) is 14.7. The van der Waals surface area contributed by atoms with Gasteiger partial charge in [0, 0.05) is 29.3 Å². The lowest BCUT2D eigenvalue weighted by molar-refractivity contribution is 0.0697. The fourth-order valence-electron chi connectivity index (χ4n) is 2.64. The normalized spacial score (nSPS) is 19.5. The van der Waals surface area contributed by atoms with E-state index in [-0.39, 0.29) is 0 Å². The summed E-state index contributed by atoms with van der Waals surface area (Å²) in [6.07, 6.45) is 1.17. The molecule has 1 aliphatic heterocycles. The molecule has 0 radical (unpaired) electrons. The number of hydrogen-bond acceptors (Lipinski definition) is 3. The van der Waals surface area contributed by atoms with E-state index in [1.807, 2.05) is 12.1 Å². The molecule has 0 aliphatic carbocycles. The van der Waals surface area contributed by atoms with E-state index in [1.54, 1.807) is 6.07 Å². The summed E-state index contributed by atoms with van der Waals surface area (Å²) in [4.78, 5) is 13.8. The van der Waals surface area contributed by atoms with Crippen LogP contribution in [0, 0.1) is 5.92 Å². The molecule has 110 valence electrons. The average molecular weight is 341 g/mol. The number of halogens is 1. The van der Waals surface area contributed by atoms with E-state index < -0.39 is 5.97 Å². The molecule has 5 heteroatoms. The van der Waals surface area contributed by atoms with Gasteiger partial charge in [-0.25, -0.2) is 4.79 Å². The van der Waals surface area contributed by atoms with Crippen molar-refractivity contribution in [1.29, 1.82) is 0 Å². The Morgan fingerprint density at radius 3 is 2.90 bits per heavy atom. The summed E-state index contributed by atoms with van der Waals surface area (Å²) in [7, 11) is 0. The molecule has 1 atom stereocenters. The molecule has 1 aromatic carbocycles. The average Bonchev–Trinajstić information content (AvgIpc) is 2.84. The maximum atomic E-state index is 11.3. The molecule has 1 unspecified atom stereocenters. The zero-order valence-electron chi connectivity index (χ0n) is 11.9. The number of likely N-dealkylation sites (tertiary alicyclic amines) is 1. The van der Waals surface area contributed by atoms with Crippen molar-refractivity contribution in [3.63, 3.8) is 0 Å². The van der Waals surface area contributed by atoms with Crippen molar-refractivity contribution in [1.82, 2.24) is 4.90 Å². The number of aromatic carboxylic acids is 1. The summed E-state index contributed by atoms with van der Waals surface area (Å²) in [5.74, 6) is -0.326. The second-order valence-electron chi connectivity index (χ2n) is 5.59. The first-order valence-electron chi connectivity index (χ1n) is 6.98. The number of nitrogens with one attached hydrogen (secondary N) is 1. The largest absolute Gasteiger partial charge is 0.478 e. The van der Waals surface area contributed by atoms with Crippen molar-refractivity contribution in [2.24, 2.45) is 5.92 Å². The Morgan fingerprint density at radius 1 is 1.55 bits per heavy atom. The summed E-state index contributed by atoms with van der Waals surface area (Å²) in [6, 6.07) is 6.02. The Bertz CT molecular complexity index is 491. The number of rotatable bonds is 5. The number of benzene rings is 1. The highest BCUT2D eigenvalue weighted by Gasteiger charge is 2.24. The highest BCUT2D eigenvalue weighted by atomic mass is 79.9. The van der Waals surface area contributed by atoms with Gasteiger partial charge < -0.3 is 15.3 Å². The molecular formula is C15H21BrN2O2. The first kappa shape index (κ1) is 15.3. The topological polar surface area (TPSA) is 52.6 Å². The van der Waals surface area contributed by atoms with Gasteiger partial charge in [0.2, 0.25) is 0 Å². The van der Waals surface area contributed by atoms with Gasteiger partial charge in [-0.1, -0.05) is 6.07 Å². The summed E-state index contributed by atoms with van der Waals surface area (Å²) < 4.78 is 0.616. The molecule has 0 amide bonds. The van der Waals surface area contributed by atoms with Gasteiger partial charge in [-0.3, -0.25) is 0 Å². The van der Waals surface area contributed by atoms with Crippen LogP contribution in [0.3, 0.4) is 0 Å². The Morgan fingerprint density at radius 2 is 2.30 bits per heavy atom. The van der Waals surface area contributed by atoms with Crippen LogP contribution < -0.4 is 5.32 Å². The molecule has 0 spiro atoms. The number of carboxylic acids is 1. The van der Waals surface area contributed by atoms with E-state index in [0.717, 1.165) is 19.6 Å². The third kappa shape index (κ3) is 3.52. The van der Waals surface area contributed by atoms with Gasteiger partial charge in [0.1, 0.15) is 0 Å². The summed E-state index contributed by atoms with van der Waals surface area (Å²) in [5.41, 5.74) is 1.00. The predicted molar refractivity (Wildman–Crippen MR) is 84.4 cm³/mol. The number of hydrogen-bond donors (Lipinski definition) is 2. The highest BCUT2D eigenvalue weighted by Crippen LogP contribution is 2.26. The summed E-state index contributed by atoms with van der Waals surface area (Å²) in [5, 5.41) is 12.6. The molecule has 0 aromatic heterocycles. The minimum Gasteiger partial charge on any atom is -0.478 e. The molecular weight excluding hydrogens is 320 g/mol. The van der Waals surface area contributed by atoms with Crippen LogP contribution in [0.4, 0.5) is 5.69 Å². The molecule has 1 aliphatic rings. The van der Waals surface area contributed by atoms with Crippen molar-refractivity contribution in [3.8, 4) is 0 Å². The minimum atomic E-state index is -0.907. The van der Waals surface area contributed by atoms with Crippen LogP contribution >= 0.6 is 15.9 Å². The molecule has 20 heavy (non-hydrogen) atoms. The number of anilines is 1. The van der Waals surface area contributed by atoms with Gasteiger partial charge in [-0.2, -0.15) is 0 Å². The highest BCUT2D eigenvalue weighted by molar-refractivity contribution is 9.10. The van der Waals surface area contributed by atoms with Crippen LogP contribution in [0.15, 0.2) is 22.7 Å². The van der Waals surface area contributed by atoms with E-state index >= 15 is 0 Å². The summed E-state index contributed by atoms with van der Waals surface area (Å²) in [6.45, 7) is 7.47. The smallest absolute Gasteiger partial charge is 0.338 e. The van der Waals surface area contributed by atoms with Crippen molar-refractivity contribution in [3.05, 3.63) is 28.2 Å². The lowest BCUT2D eigenvalue weighted by Gasteiger charge is -2.20. The zero-order valence-corrected chi connectivity index (χ0v) is 13.5. The van der Waals surface area contributed by atoms with Crippen LogP contribution in [-0.4, -0.2) is 41.7 Å². The van der Waals surface area contributed by atoms with Gasteiger partial charge >= 0.3 is 5.97 Å². The van der Waals surface area contributed by atoms with Crippen LogP contribution in [0.25, 0.3) is 0 Å². The molecule has 1 fully saturated rings. The predicted octanol–water partition coefficient (Wildman–Crippen LogP) is 3.29. The quantitative estimate of drug-likeness (QED) is 0.863. The van der Waals surface area contributed by atoms with Crippen LogP contribution in [0.2, 0.25) is 0 Å².